The fourth-order valence-electron chi connectivity index (χ4n) is 2.45. The minimum atomic E-state index is 0.406. The highest BCUT2D eigenvalue weighted by atomic mass is 32.2. The molecule has 27 heavy (non-hydrogen) atoms. The van der Waals surface area contributed by atoms with E-state index in [1.54, 1.807) is 7.11 Å². The Morgan fingerprint density at radius 3 is 2.63 bits per heavy atom. The van der Waals surface area contributed by atoms with Crippen LogP contribution in [0.4, 0.5) is 0 Å². The number of nitrogens with zero attached hydrogens (tertiary/aromatic N) is 4. The van der Waals surface area contributed by atoms with E-state index < -0.39 is 0 Å². The van der Waals surface area contributed by atoms with Gasteiger partial charge in [0, 0.05) is 5.56 Å². The Hall–Kier alpha value is -3.13. The molecule has 0 radical (unpaired) electrons. The Balaban J connectivity index is 1.44. The van der Waals surface area contributed by atoms with Crippen LogP contribution < -0.4 is 4.74 Å². The molecule has 0 aliphatic heterocycles. The molecule has 0 unspecified atom stereocenters. The number of rotatable bonds is 6. The summed E-state index contributed by atoms with van der Waals surface area (Å²) in [6, 6.07) is 15.4. The molecule has 0 aliphatic rings. The van der Waals surface area contributed by atoms with Crippen LogP contribution >= 0.6 is 11.8 Å². The van der Waals surface area contributed by atoms with Gasteiger partial charge in [-0.2, -0.15) is 4.98 Å². The van der Waals surface area contributed by atoms with Crippen LogP contribution in [0, 0.1) is 6.92 Å². The highest BCUT2D eigenvalue weighted by molar-refractivity contribution is 7.98. The number of thioether (sulfide) groups is 1. The summed E-state index contributed by atoms with van der Waals surface area (Å²) in [5.74, 6) is 2.60. The van der Waals surface area contributed by atoms with E-state index in [4.69, 9.17) is 13.7 Å². The van der Waals surface area contributed by atoms with Gasteiger partial charge in [-0.3, -0.25) is 0 Å². The van der Waals surface area contributed by atoms with Gasteiger partial charge in [0.05, 0.1) is 18.4 Å². The SMILES string of the molecule is COc1ccccc1-c1nnc(SCc2noc(-c3ccc(C)cc3)n2)o1. The summed E-state index contributed by atoms with van der Waals surface area (Å²) < 4.78 is 16.4. The quantitative estimate of drug-likeness (QED) is 0.455. The second kappa shape index (κ2) is 7.63. The molecular formula is C19H16N4O3S. The number of ether oxygens (including phenoxy) is 1. The average molecular weight is 380 g/mol. The monoisotopic (exact) mass is 380 g/mol. The summed E-state index contributed by atoms with van der Waals surface area (Å²) >= 11 is 1.35. The molecule has 2 heterocycles. The van der Waals surface area contributed by atoms with E-state index in [2.05, 4.69) is 20.3 Å². The molecule has 4 rings (SSSR count). The van der Waals surface area contributed by atoms with Gasteiger partial charge in [0.15, 0.2) is 5.82 Å². The van der Waals surface area contributed by atoms with Crippen LogP contribution in [0.15, 0.2) is 62.7 Å². The maximum atomic E-state index is 5.71. The van der Waals surface area contributed by atoms with Crippen molar-refractivity contribution in [2.24, 2.45) is 0 Å². The van der Waals surface area contributed by atoms with Gasteiger partial charge in [-0.25, -0.2) is 0 Å². The topological polar surface area (TPSA) is 87.1 Å². The van der Waals surface area contributed by atoms with E-state index >= 15 is 0 Å². The van der Waals surface area contributed by atoms with E-state index in [-0.39, 0.29) is 0 Å². The molecule has 136 valence electrons. The van der Waals surface area contributed by atoms with Crippen molar-refractivity contribution in [2.75, 3.05) is 7.11 Å². The smallest absolute Gasteiger partial charge is 0.277 e. The zero-order valence-corrected chi connectivity index (χ0v) is 15.6. The average Bonchev–Trinajstić information content (AvgIpc) is 3.36. The number of benzene rings is 2. The van der Waals surface area contributed by atoms with E-state index in [0.717, 1.165) is 11.1 Å². The lowest BCUT2D eigenvalue weighted by atomic mass is 10.1. The Kier molecular flexibility index (Phi) is 4.88. The van der Waals surface area contributed by atoms with Crippen molar-refractivity contribution in [1.29, 1.82) is 0 Å². The molecular weight excluding hydrogens is 364 g/mol. The predicted molar refractivity (Wildman–Crippen MR) is 100 cm³/mol. The molecule has 0 saturated heterocycles. The molecule has 7 nitrogen and oxygen atoms in total. The van der Waals surface area contributed by atoms with Gasteiger partial charge in [0.2, 0.25) is 0 Å². The molecule has 0 fully saturated rings. The zero-order valence-electron chi connectivity index (χ0n) is 14.7. The first-order chi connectivity index (χ1) is 13.2. The minimum Gasteiger partial charge on any atom is -0.496 e. The lowest BCUT2D eigenvalue weighted by Crippen LogP contribution is -1.87. The summed E-state index contributed by atoms with van der Waals surface area (Å²) in [7, 11) is 1.60. The molecule has 0 N–H and O–H groups in total. The fourth-order valence-corrected chi connectivity index (χ4v) is 3.06. The van der Waals surface area contributed by atoms with E-state index in [0.29, 0.717) is 34.3 Å². The zero-order chi connectivity index (χ0) is 18.6. The molecule has 0 amide bonds. The number of methoxy groups -OCH3 is 1. The third-order valence-corrected chi connectivity index (χ3v) is 4.65. The lowest BCUT2D eigenvalue weighted by molar-refractivity contribution is 0.411. The number of para-hydroxylation sites is 1. The largest absolute Gasteiger partial charge is 0.496 e. The van der Waals surface area contributed by atoms with Crippen LogP contribution in [0.1, 0.15) is 11.4 Å². The molecule has 2 aromatic carbocycles. The summed E-state index contributed by atoms with van der Waals surface area (Å²) in [6.45, 7) is 2.03. The maximum Gasteiger partial charge on any atom is 0.277 e. The standard InChI is InChI=1S/C19H16N4O3S/c1-12-7-9-13(10-8-12)17-20-16(23-26-17)11-27-19-22-21-18(25-19)14-5-3-4-6-15(14)24-2/h3-10H,11H2,1-2H3. The first-order valence-electron chi connectivity index (χ1n) is 8.22. The van der Waals surface area contributed by atoms with Crippen LogP contribution in [0.25, 0.3) is 22.9 Å². The van der Waals surface area contributed by atoms with E-state index in [1.807, 2.05) is 55.5 Å². The fraction of sp³-hybridized carbons (Fsp3) is 0.158. The molecule has 8 heteroatoms. The lowest BCUT2D eigenvalue weighted by Gasteiger charge is -2.03. The second-order valence-electron chi connectivity index (χ2n) is 5.74. The van der Waals surface area contributed by atoms with Gasteiger partial charge in [-0.15, -0.1) is 10.2 Å². The molecule has 2 aromatic heterocycles. The van der Waals surface area contributed by atoms with Crippen molar-refractivity contribution in [3.05, 3.63) is 59.9 Å². The van der Waals surface area contributed by atoms with Crippen molar-refractivity contribution >= 4 is 11.8 Å². The van der Waals surface area contributed by atoms with Crippen LogP contribution in [-0.4, -0.2) is 27.4 Å². The van der Waals surface area contributed by atoms with Gasteiger partial charge in [-0.05, 0) is 31.2 Å². The molecule has 0 bridgehead atoms. The Morgan fingerprint density at radius 1 is 1.00 bits per heavy atom. The van der Waals surface area contributed by atoms with E-state index in [9.17, 15) is 0 Å². The van der Waals surface area contributed by atoms with Crippen molar-refractivity contribution in [3.8, 4) is 28.7 Å². The Bertz CT molecular complexity index is 1040. The molecule has 0 spiro atoms. The number of aromatic nitrogens is 4. The first kappa shape index (κ1) is 17.3. The van der Waals surface area contributed by atoms with Crippen LogP contribution in [0.2, 0.25) is 0 Å². The number of aryl methyl sites for hydroxylation is 1. The normalized spacial score (nSPS) is 10.9. The molecule has 4 aromatic rings. The molecule has 0 saturated carbocycles. The number of hydrogen-bond acceptors (Lipinski definition) is 8. The Morgan fingerprint density at radius 2 is 1.81 bits per heavy atom. The van der Waals surface area contributed by atoms with Crippen LogP contribution in [0.5, 0.6) is 5.75 Å². The minimum absolute atomic E-state index is 0.406. The molecule has 0 aliphatic carbocycles. The predicted octanol–water partition coefficient (Wildman–Crippen LogP) is 4.40. The second-order valence-corrected chi connectivity index (χ2v) is 6.67. The van der Waals surface area contributed by atoms with Crippen LogP contribution in [-0.2, 0) is 5.75 Å². The third kappa shape index (κ3) is 3.85. The summed E-state index contributed by atoms with van der Waals surface area (Å²) in [5, 5.41) is 12.6. The Labute approximate surface area is 159 Å². The van der Waals surface area contributed by atoms with E-state index in [1.165, 1.54) is 17.3 Å². The highest BCUT2D eigenvalue weighted by Gasteiger charge is 2.15. The van der Waals surface area contributed by atoms with Gasteiger partial charge >= 0.3 is 0 Å². The van der Waals surface area contributed by atoms with Crippen molar-refractivity contribution in [3.63, 3.8) is 0 Å². The summed E-state index contributed by atoms with van der Waals surface area (Å²) in [4.78, 5) is 4.41. The van der Waals surface area contributed by atoms with Gasteiger partial charge < -0.3 is 13.7 Å². The maximum absolute atomic E-state index is 5.71. The van der Waals surface area contributed by atoms with Gasteiger partial charge in [-0.1, -0.05) is 46.7 Å². The van der Waals surface area contributed by atoms with Crippen molar-refractivity contribution in [2.45, 2.75) is 17.9 Å². The third-order valence-electron chi connectivity index (χ3n) is 3.84. The van der Waals surface area contributed by atoms with Gasteiger partial charge in [0.25, 0.3) is 17.0 Å². The highest BCUT2D eigenvalue weighted by Crippen LogP contribution is 2.31. The first-order valence-corrected chi connectivity index (χ1v) is 9.21. The number of hydrogen-bond donors (Lipinski definition) is 0. The van der Waals surface area contributed by atoms with Crippen molar-refractivity contribution < 1.29 is 13.7 Å². The molecule has 0 atom stereocenters. The van der Waals surface area contributed by atoms with Crippen LogP contribution in [0.3, 0.4) is 0 Å². The summed E-state index contributed by atoms with van der Waals surface area (Å²) in [6.07, 6.45) is 0. The summed E-state index contributed by atoms with van der Waals surface area (Å²) in [5.41, 5.74) is 2.82. The van der Waals surface area contributed by atoms with Crippen molar-refractivity contribution in [1.82, 2.24) is 20.3 Å². The van der Waals surface area contributed by atoms with Gasteiger partial charge in [0.1, 0.15) is 5.75 Å².